The number of phosphoric acid groups is 1. The van der Waals surface area contributed by atoms with Crippen molar-refractivity contribution in [1.82, 2.24) is 5.32 Å². The van der Waals surface area contributed by atoms with E-state index in [2.05, 4.69) is 56.5 Å². The summed E-state index contributed by atoms with van der Waals surface area (Å²) in [5.74, 6) is -0.645. The molecule has 0 aliphatic carbocycles. The van der Waals surface area contributed by atoms with Crippen molar-refractivity contribution in [3.63, 3.8) is 0 Å². The van der Waals surface area contributed by atoms with Gasteiger partial charge < -0.3 is 19.4 Å². The first-order valence-corrected chi connectivity index (χ1v) is 28.3. The van der Waals surface area contributed by atoms with Crippen LogP contribution in [0.2, 0.25) is 0 Å². The molecule has 0 aromatic rings. The molecule has 3 unspecified atom stereocenters. The van der Waals surface area contributed by atoms with Gasteiger partial charge in [0.15, 0.2) is 0 Å². The quantitative estimate of drug-likeness (QED) is 0.0156. The lowest BCUT2D eigenvalue weighted by Crippen LogP contribution is -2.47. The first-order chi connectivity index (χ1) is 32.9. The third-order valence-corrected chi connectivity index (χ3v) is 12.1. The van der Waals surface area contributed by atoms with E-state index in [9.17, 15) is 19.0 Å². The molecular weight excluding hydrogens is 868 g/mol. The second-order valence-electron chi connectivity index (χ2n) is 18.8. The second kappa shape index (κ2) is 47.4. The standard InChI is InChI=1S/C58H99N2O7P/c1-7-10-13-16-19-22-25-28-29-30-31-33-36-39-42-45-48-51-58(62)67-56(49-46-43-40-37-34-27-24-21-18-15-12-9-3)55(54-66-68(63,64)65-53-52-60(4,5)6)59-57(61)50-47-44-41-38-35-32-26-23-20-17-14-11-8-2/h10,13,16,19,22,25,28-33,35-36,41,44,46,49,55-56H,7-9,11-12,14-15,17-18,20-21,23-24,26-27,34,37-40,42-43,45,47-48,50-54H2,1-6H3,(H-,59,61,63,64)/p+1/b13-10-,19-16+,25-22+,29-28-,31-30+,35-32-,36-33+,44-41+,49-46+. The van der Waals surface area contributed by atoms with Crippen LogP contribution in [0.15, 0.2) is 109 Å². The third-order valence-electron chi connectivity index (χ3n) is 11.1. The van der Waals surface area contributed by atoms with Crippen molar-refractivity contribution < 1.29 is 37.3 Å². The minimum atomic E-state index is -4.47. The lowest BCUT2D eigenvalue weighted by molar-refractivity contribution is -0.870. The number of unbranched alkanes of at least 4 members (excludes halogenated alkanes) is 19. The fourth-order valence-corrected chi connectivity index (χ4v) is 7.70. The molecule has 2 N–H and O–H groups in total. The molecule has 0 spiro atoms. The van der Waals surface area contributed by atoms with Crippen LogP contribution in [0.5, 0.6) is 0 Å². The molecule has 0 bridgehead atoms. The molecule has 10 heteroatoms. The Labute approximate surface area is 417 Å². The number of hydrogen-bond acceptors (Lipinski definition) is 6. The summed E-state index contributed by atoms with van der Waals surface area (Å²) in [7, 11) is 1.42. The fourth-order valence-electron chi connectivity index (χ4n) is 6.96. The van der Waals surface area contributed by atoms with Crippen LogP contribution in [0.3, 0.4) is 0 Å². The average molecular weight is 968 g/mol. The number of hydrogen-bond donors (Lipinski definition) is 2. The van der Waals surface area contributed by atoms with E-state index in [4.69, 9.17) is 13.8 Å². The molecule has 0 aromatic carbocycles. The Bertz CT molecular complexity index is 1530. The average Bonchev–Trinajstić information content (AvgIpc) is 3.29. The van der Waals surface area contributed by atoms with Gasteiger partial charge in [-0.05, 0) is 70.3 Å². The van der Waals surface area contributed by atoms with E-state index in [1.165, 1.54) is 89.9 Å². The van der Waals surface area contributed by atoms with Crippen LogP contribution in [0.1, 0.15) is 194 Å². The van der Waals surface area contributed by atoms with Gasteiger partial charge >= 0.3 is 13.8 Å². The summed E-state index contributed by atoms with van der Waals surface area (Å²) in [4.78, 5) is 37.4. The number of carbonyl (C=O) groups excluding carboxylic acids is 2. The normalized spacial score (nSPS) is 14.8. The van der Waals surface area contributed by atoms with Gasteiger partial charge in [0.25, 0.3) is 0 Å². The predicted molar refractivity (Wildman–Crippen MR) is 290 cm³/mol. The molecule has 0 saturated heterocycles. The Morgan fingerprint density at radius 2 is 1.01 bits per heavy atom. The summed E-state index contributed by atoms with van der Waals surface area (Å²) in [6, 6.07) is -0.902. The molecule has 388 valence electrons. The smallest absolute Gasteiger partial charge is 0.456 e. The van der Waals surface area contributed by atoms with Crippen LogP contribution in [0.25, 0.3) is 0 Å². The highest BCUT2D eigenvalue weighted by molar-refractivity contribution is 7.47. The molecule has 68 heavy (non-hydrogen) atoms. The van der Waals surface area contributed by atoms with Crippen LogP contribution in [0, 0.1) is 0 Å². The zero-order valence-electron chi connectivity index (χ0n) is 44.1. The molecule has 0 aromatic heterocycles. The number of rotatable bonds is 46. The van der Waals surface area contributed by atoms with E-state index in [1.54, 1.807) is 0 Å². The molecule has 0 radical (unpaired) electrons. The number of nitrogens with one attached hydrogen (secondary N) is 1. The predicted octanol–water partition coefficient (Wildman–Crippen LogP) is 15.8. The van der Waals surface area contributed by atoms with Crippen molar-refractivity contribution in [3.05, 3.63) is 109 Å². The molecule has 9 nitrogen and oxygen atoms in total. The van der Waals surface area contributed by atoms with Crippen molar-refractivity contribution in [2.75, 3.05) is 40.9 Å². The highest BCUT2D eigenvalue weighted by Gasteiger charge is 2.30. The Kier molecular flexibility index (Phi) is 45.0. The first kappa shape index (κ1) is 64.7. The van der Waals surface area contributed by atoms with Gasteiger partial charge in [0.2, 0.25) is 5.91 Å². The van der Waals surface area contributed by atoms with Gasteiger partial charge in [-0.25, -0.2) is 4.57 Å². The van der Waals surface area contributed by atoms with Crippen molar-refractivity contribution >= 4 is 19.7 Å². The molecular formula is C58H100N2O7P+. The maximum Gasteiger partial charge on any atom is 0.472 e. The van der Waals surface area contributed by atoms with Gasteiger partial charge in [-0.1, -0.05) is 220 Å². The van der Waals surface area contributed by atoms with Gasteiger partial charge in [0.1, 0.15) is 19.3 Å². The van der Waals surface area contributed by atoms with E-state index >= 15 is 0 Å². The number of nitrogens with zero attached hydrogens (tertiary/aromatic N) is 1. The van der Waals surface area contributed by atoms with Crippen molar-refractivity contribution in [1.29, 1.82) is 0 Å². The van der Waals surface area contributed by atoms with Gasteiger partial charge in [-0.2, -0.15) is 0 Å². The van der Waals surface area contributed by atoms with Gasteiger partial charge in [-0.3, -0.25) is 18.6 Å². The topological polar surface area (TPSA) is 111 Å². The highest BCUT2D eigenvalue weighted by Crippen LogP contribution is 2.43. The molecule has 0 aliphatic rings. The number of ether oxygens (including phenoxy) is 1. The highest BCUT2D eigenvalue weighted by atomic mass is 31.2. The largest absolute Gasteiger partial charge is 0.472 e. The Hall–Kier alpha value is -3.33. The lowest BCUT2D eigenvalue weighted by Gasteiger charge is -2.27. The summed E-state index contributed by atoms with van der Waals surface area (Å²) >= 11 is 0. The number of phosphoric ester groups is 1. The van der Waals surface area contributed by atoms with E-state index in [0.717, 1.165) is 57.8 Å². The number of amides is 1. The summed E-state index contributed by atoms with van der Waals surface area (Å²) < 4.78 is 30.4. The number of esters is 1. The van der Waals surface area contributed by atoms with Gasteiger partial charge in [0.05, 0.1) is 33.8 Å². The maximum absolute atomic E-state index is 13.4. The van der Waals surface area contributed by atoms with Gasteiger partial charge in [-0.15, -0.1) is 0 Å². The zero-order chi connectivity index (χ0) is 50.1. The van der Waals surface area contributed by atoms with Gasteiger partial charge in [0, 0.05) is 12.8 Å². The van der Waals surface area contributed by atoms with E-state index in [1.807, 2.05) is 100 Å². The Morgan fingerprint density at radius 1 is 0.544 bits per heavy atom. The third kappa shape index (κ3) is 47.7. The van der Waals surface area contributed by atoms with E-state index in [-0.39, 0.29) is 37.9 Å². The maximum atomic E-state index is 13.4. The molecule has 0 aliphatic heterocycles. The minimum Gasteiger partial charge on any atom is -0.456 e. The van der Waals surface area contributed by atoms with Crippen molar-refractivity contribution in [2.24, 2.45) is 0 Å². The fraction of sp³-hybridized carbons (Fsp3) is 0.655. The molecule has 0 saturated carbocycles. The van der Waals surface area contributed by atoms with E-state index in [0.29, 0.717) is 23.9 Å². The molecule has 3 atom stereocenters. The summed E-state index contributed by atoms with van der Waals surface area (Å²) in [6.45, 7) is 6.74. The molecule has 0 fully saturated rings. The SMILES string of the molecule is CC\C=C/C=C/C=C/C=C\C=C\C=C\CCCCCC(=O)OC(/C=C/CCCCCCCCCCCC)C(COP(=O)(O)OCC[N+](C)(C)C)NC(=O)CC/C=C/C/C=C\CCCCCCCC. The number of carbonyl (C=O) groups is 2. The van der Waals surface area contributed by atoms with Crippen LogP contribution >= 0.6 is 7.82 Å². The van der Waals surface area contributed by atoms with E-state index < -0.39 is 20.0 Å². The summed E-state index contributed by atoms with van der Waals surface area (Å²) in [6.07, 6.45) is 63.9. The van der Waals surface area contributed by atoms with Crippen LogP contribution in [-0.2, 0) is 27.9 Å². The minimum absolute atomic E-state index is 0.0175. The van der Waals surface area contributed by atoms with Crippen molar-refractivity contribution in [3.8, 4) is 0 Å². The van der Waals surface area contributed by atoms with Crippen molar-refractivity contribution in [2.45, 2.75) is 206 Å². The summed E-state index contributed by atoms with van der Waals surface area (Å²) in [5, 5.41) is 2.98. The molecule has 0 heterocycles. The molecule has 1 amide bonds. The number of allylic oxidation sites excluding steroid dienone is 17. The Morgan fingerprint density at radius 3 is 1.56 bits per heavy atom. The zero-order valence-corrected chi connectivity index (χ0v) is 44.9. The second-order valence-corrected chi connectivity index (χ2v) is 20.3. The van der Waals surface area contributed by atoms with Crippen LogP contribution < -0.4 is 5.32 Å². The molecule has 0 rings (SSSR count). The van der Waals surface area contributed by atoms with Crippen LogP contribution in [-0.4, -0.2) is 74.3 Å². The number of likely N-dealkylation sites (N-methyl/N-ethyl adjacent to an activating group) is 1. The number of quaternary nitrogens is 1. The first-order valence-electron chi connectivity index (χ1n) is 26.8. The Balaban J connectivity index is 5.59. The van der Waals surface area contributed by atoms with Crippen LogP contribution in [0.4, 0.5) is 0 Å². The summed E-state index contributed by atoms with van der Waals surface area (Å²) in [5.41, 5.74) is 0. The lowest BCUT2D eigenvalue weighted by atomic mass is 10.1. The monoisotopic (exact) mass is 968 g/mol.